The SMILES string of the molecule is C=COC(=O)/C=C(/CC)C(=O)OC=C. The Morgan fingerprint density at radius 3 is 2.21 bits per heavy atom. The maximum absolute atomic E-state index is 11.1. The smallest absolute Gasteiger partial charge is 0.339 e. The first-order valence-electron chi connectivity index (χ1n) is 3.99. The van der Waals surface area contributed by atoms with Crippen molar-refractivity contribution in [2.24, 2.45) is 0 Å². The molecule has 0 aliphatic rings. The zero-order chi connectivity index (χ0) is 11.0. The zero-order valence-corrected chi connectivity index (χ0v) is 7.99. The van der Waals surface area contributed by atoms with E-state index in [0.717, 1.165) is 18.6 Å². The number of esters is 2. The summed E-state index contributed by atoms with van der Waals surface area (Å²) < 4.78 is 8.91. The van der Waals surface area contributed by atoms with Crippen LogP contribution < -0.4 is 0 Å². The second-order valence-electron chi connectivity index (χ2n) is 2.20. The van der Waals surface area contributed by atoms with E-state index in [4.69, 9.17) is 0 Å². The fourth-order valence-electron chi connectivity index (χ4n) is 0.715. The third-order valence-corrected chi connectivity index (χ3v) is 1.33. The van der Waals surface area contributed by atoms with Crippen LogP contribution in [0.2, 0.25) is 0 Å². The summed E-state index contributed by atoms with van der Waals surface area (Å²) in [5, 5.41) is 0. The quantitative estimate of drug-likeness (QED) is 0.381. The van der Waals surface area contributed by atoms with Crippen molar-refractivity contribution in [3.8, 4) is 0 Å². The molecule has 0 spiro atoms. The minimum Gasteiger partial charge on any atom is -0.432 e. The molecule has 0 rings (SSSR count). The Morgan fingerprint density at radius 1 is 1.21 bits per heavy atom. The van der Waals surface area contributed by atoms with Crippen LogP contribution in [0.4, 0.5) is 0 Å². The highest BCUT2D eigenvalue weighted by molar-refractivity contribution is 5.96. The lowest BCUT2D eigenvalue weighted by Gasteiger charge is -2.00. The Morgan fingerprint density at radius 2 is 1.79 bits per heavy atom. The van der Waals surface area contributed by atoms with Crippen molar-refractivity contribution >= 4 is 11.9 Å². The molecule has 0 unspecified atom stereocenters. The van der Waals surface area contributed by atoms with Crippen molar-refractivity contribution in [1.29, 1.82) is 0 Å². The Balaban J connectivity index is 4.52. The fourth-order valence-corrected chi connectivity index (χ4v) is 0.715. The summed E-state index contributed by atoms with van der Waals surface area (Å²) in [6.45, 7) is 8.16. The molecule has 0 aromatic heterocycles. The van der Waals surface area contributed by atoms with Crippen LogP contribution in [0, 0.1) is 0 Å². The van der Waals surface area contributed by atoms with Gasteiger partial charge in [0.05, 0.1) is 12.5 Å². The number of ether oxygens (including phenoxy) is 2. The van der Waals surface area contributed by atoms with Gasteiger partial charge in [0.15, 0.2) is 0 Å². The van der Waals surface area contributed by atoms with Crippen LogP contribution in [0.1, 0.15) is 13.3 Å². The summed E-state index contributed by atoms with van der Waals surface area (Å²) in [7, 11) is 0. The summed E-state index contributed by atoms with van der Waals surface area (Å²) in [4.78, 5) is 22.0. The molecule has 0 fully saturated rings. The molecule has 4 nitrogen and oxygen atoms in total. The van der Waals surface area contributed by atoms with Gasteiger partial charge in [0.25, 0.3) is 0 Å². The van der Waals surface area contributed by atoms with E-state index in [1.54, 1.807) is 6.92 Å². The zero-order valence-electron chi connectivity index (χ0n) is 7.99. The van der Waals surface area contributed by atoms with Gasteiger partial charge in [0, 0.05) is 11.6 Å². The molecule has 0 saturated heterocycles. The van der Waals surface area contributed by atoms with Gasteiger partial charge in [-0.3, -0.25) is 0 Å². The molecular weight excluding hydrogens is 184 g/mol. The van der Waals surface area contributed by atoms with Gasteiger partial charge in [0.2, 0.25) is 0 Å². The third-order valence-electron chi connectivity index (χ3n) is 1.33. The van der Waals surface area contributed by atoms with E-state index in [-0.39, 0.29) is 5.57 Å². The monoisotopic (exact) mass is 196 g/mol. The van der Waals surface area contributed by atoms with Crippen LogP contribution in [-0.4, -0.2) is 11.9 Å². The number of rotatable bonds is 5. The highest BCUT2D eigenvalue weighted by atomic mass is 16.5. The van der Waals surface area contributed by atoms with E-state index < -0.39 is 11.9 Å². The van der Waals surface area contributed by atoms with Gasteiger partial charge >= 0.3 is 11.9 Å². The molecule has 0 saturated carbocycles. The van der Waals surface area contributed by atoms with Crippen molar-refractivity contribution in [2.75, 3.05) is 0 Å². The number of hydrogen-bond donors (Lipinski definition) is 0. The Bertz CT molecular complexity index is 276. The second kappa shape index (κ2) is 6.65. The maximum Gasteiger partial charge on any atom is 0.339 e. The topological polar surface area (TPSA) is 52.6 Å². The largest absolute Gasteiger partial charge is 0.432 e. The highest BCUT2D eigenvalue weighted by Crippen LogP contribution is 2.04. The van der Waals surface area contributed by atoms with Crippen LogP contribution in [0.25, 0.3) is 0 Å². The van der Waals surface area contributed by atoms with Gasteiger partial charge in [-0.15, -0.1) is 0 Å². The maximum atomic E-state index is 11.1. The van der Waals surface area contributed by atoms with E-state index in [1.165, 1.54) is 0 Å². The molecule has 0 heterocycles. The summed E-state index contributed by atoms with van der Waals surface area (Å²) in [5.74, 6) is -1.26. The summed E-state index contributed by atoms with van der Waals surface area (Å²) in [6, 6.07) is 0. The first kappa shape index (κ1) is 12.2. The minimum absolute atomic E-state index is 0.219. The fraction of sp³-hybridized carbons (Fsp3) is 0.200. The molecule has 14 heavy (non-hydrogen) atoms. The van der Waals surface area contributed by atoms with Crippen molar-refractivity contribution in [3.63, 3.8) is 0 Å². The lowest BCUT2D eigenvalue weighted by molar-refractivity contribution is -0.136. The van der Waals surface area contributed by atoms with Crippen LogP contribution in [0.15, 0.2) is 37.3 Å². The molecule has 0 atom stereocenters. The predicted octanol–water partition coefficient (Wildman–Crippen LogP) is 1.70. The predicted molar refractivity (Wildman–Crippen MR) is 51.0 cm³/mol. The normalized spacial score (nSPS) is 10.2. The Labute approximate surface area is 82.5 Å². The average molecular weight is 196 g/mol. The molecule has 0 bridgehead atoms. The lowest BCUT2D eigenvalue weighted by atomic mass is 10.2. The lowest BCUT2D eigenvalue weighted by Crippen LogP contribution is -2.06. The van der Waals surface area contributed by atoms with Crippen molar-refractivity contribution in [3.05, 3.63) is 37.3 Å². The first-order valence-corrected chi connectivity index (χ1v) is 3.99. The van der Waals surface area contributed by atoms with E-state index in [1.807, 2.05) is 0 Å². The van der Waals surface area contributed by atoms with Gasteiger partial charge in [-0.2, -0.15) is 0 Å². The molecule has 0 radical (unpaired) electrons. The highest BCUT2D eigenvalue weighted by Gasteiger charge is 2.10. The molecular formula is C10H12O4. The standard InChI is InChI=1S/C10H12O4/c1-4-8(10(12)14-6-3)7-9(11)13-5-2/h5-7H,2-4H2,1H3/b8-7-. The van der Waals surface area contributed by atoms with Gasteiger partial charge in [-0.1, -0.05) is 20.1 Å². The summed E-state index contributed by atoms with van der Waals surface area (Å²) in [5.41, 5.74) is 0.219. The molecule has 0 aromatic rings. The van der Waals surface area contributed by atoms with E-state index in [9.17, 15) is 9.59 Å². The van der Waals surface area contributed by atoms with Crippen molar-refractivity contribution in [2.45, 2.75) is 13.3 Å². The Hall–Kier alpha value is -1.84. The molecule has 76 valence electrons. The molecule has 0 N–H and O–H groups in total. The summed E-state index contributed by atoms with van der Waals surface area (Å²) >= 11 is 0. The molecule has 0 aliphatic carbocycles. The molecule has 0 aromatic carbocycles. The van der Waals surface area contributed by atoms with Gasteiger partial charge in [-0.25, -0.2) is 9.59 Å². The van der Waals surface area contributed by atoms with Crippen LogP contribution in [-0.2, 0) is 19.1 Å². The van der Waals surface area contributed by atoms with Crippen molar-refractivity contribution < 1.29 is 19.1 Å². The van der Waals surface area contributed by atoms with Gasteiger partial charge in [-0.05, 0) is 6.42 Å². The molecule has 4 heteroatoms. The van der Waals surface area contributed by atoms with E-state index in [0.29, 0.717) is 6.42 Å². The van der Waals surface area contributed by atoms with Crippen LogP contribution in [0.3, 0.4) is 0 Å². The van der Waals surface area contributed by atoms with Crippen LogP contribution in [0.5, 0.6) is 0 Å². The number of carbonyl (C=O) groups is 2. The van der Waals surface area contributed by atoms with Crippen LogP contribution >= 0.6 is 0 Å². The number of carbonyl (C=O) groups excluding carboxylic acids is 2. The molecule has 0 aliphatic heterocycles. The van der Waals surface area contributed by atoms with Gasteiger partial charge in [0.1, 0.15) is 0 Å². The summed E-state index contributed by atoms with van der Waals surface area (Å²) in [6.07, 6.45) is 3.43. The number of hydrogen-bond acceptors (Lipinski definition) is 4. The molecule has 0 amide bonds. The van der Waals surface area contributed by atoms with Crippen molar-refractivity contribution in [1.82, 2.24) is 0 Å². The first-order chi connectivity index (χ1) is 6.65. The third kappa shape index (κ3) is 4.25. The average Bonchev–Trinajstić information content (AvgIpc) is 2.15. The Kier molecular flexibility index (Phi) is 5.78. The second-order valence-corrected chi connectivity index (χ2v) is 2.20. The van der Waals surface area contributed by atoms with E-state index >= 15 is 0 Å². The van der Waals surface area contributed by atoms with Gasteiger partial charge < -0.3 is 9.47 Å². The minimum atomic E-state index is -0.655. The van der Waals surface area contributed by atoms with E-state index in [2.05, 4.69) is 22.6 Å².